The molecule has 0 aliphatic heterocycles. The molecule has 0 amide bonds. The second kappa shape index (κ2) is 5.65. The van der Waals surface area contributed by atoms with Crippen LogP contribution in [0.5, 0.6) is 0 Å². The van der Waals surface area contributed by atoms with Crippen LogP contribution in [0.15, 0.2) is 29.2 Å². The first-order valence-electron chi connectivity index (χ1n) is 5.84. The van der Waals surface area contributed by atoms with Gasteiger partial charge in [-0.25, -0.2) is 8.42 Å². The van der Waals surface area contributed by atoms with E-state index in [-0.39, 0.29) is 0 Å². The molecule has 0 radical (unpaired) electrons. The van der Waals surface area contributed by atoms with Crippen molar-refractivity contribution in [3.05, 3.63) is 29.8 Å². The maximum absolute atomic E-state index is 11.3. The second-order valence-corrected chi connectivity index (χ2v) is 6.86. The van der Waals surface area contributed by atoms with E-state index in [1.54, 1.807) is 12.1 Å². The molecule has 0 aliphatic rings. The summed E-state index contributed by atoms with van der Waals surface area (Å²) in [4.78, 5) is 0.380. The van der Waals surface area contributed by atoms with Gasteiger partial charge in [0.25, 0.3) is 0 Å². The topological polar surface area (TPSA) is 46.2 Å². The van der Waals surface area contributed by atoms with Crippen LogP contribution in [0.1, 0.15) is 26.3 Å². The summed E-state index contributed by atoms with van der Waals surface area (Å²) in [7, 11) is -3.08. The summed E-state index contributed by atoms with van der Waals surface area (Å²) in [6.45, 7) is 6.36. The Morgan fingerprint density at radius 1 is 1.12 bits per heavy atom. The molecule has 0 spiro atoms. The lowest BCUT2D eigenvalue weighted by Gasteiger charge is -2.16. The first-order chi connectivity index (χ1) is 7.79. The lowest BCUT2D eigenvalue weighted by Crippen LogP contribution is -2.33. The van der Waals surface area contributed by atoms with Crippen LogP contribution in [0.25, 0.3) is 0 Å². The molecule has 96 valence electrons. The molecule has 1 N–H and O–H groups in total. The minimum absolute atomic E-state index is 0.380. The minimum atomic E-state index is -3.08. The summed E-state index contributed by atoms with van der Waals surface area (Å²) < 4.78 is 22.6. The monoisotopic (exact) mass is 255 g/mol. The number of sulfone groups is 1. The summed E-state index contributed by atoms with van der Waals surface area (Å²) >= 11 is 0. The third kappa shape index (κ3) is 4.88. The van der Waals surface area contributed by atoms with E-state index < -0.39 is 9.84 Å². The van der Waals surface area contributed by atoms with Gasteiger partial charge in [-0.15, -0.1) is 0 Å². The smallest absolute Gasteiger partial charge is 0.175 e. The third-order valence-corrected chi connectivity index (χ3v) is 3.64. The number of nitrogens with one attached hydrogen (secondary N) is 1. The quantitative estimate of drug-likeness (QED) is 0.875. The van der Waals surface area contributed by atoms with Crippen LogP contribution < -0.4 is 5.32 Å². The Bertz CT molecular complexity index is 449. The number of rotatable bonds is 5. The van der Waals surface area contributed by atoms with E-state index >= 15 is 0 Å². The Kier molecular flexibility index (Phi) is 4.71. The normalized spacial score (nSPS) is 13.9. The molecule has 0 fully saturated rings. The maximum atomic E-state index is 11.3. The van der Waals surface area contributed by atoms with Crippen LogP contribution in [0.3, 0.4) is 0 Å². The van der Waals surface area contributed by atoms with Crippen LogP contribution in [0.2, 0.25) is 0 Å². The highest BCUT2D eigenvalue weighted by Crippen LogP contribution is 2.11. The summed E-state index contributed by atoms with van der Waals surface area (Å²) in [6, 6.07) is 7.96. The van der Waals surface area contributed by atoms with E-state index in [1.165, 1.54) is 6.26 Å². The molecule has 1 aromatic carbocycles. The number of benzene rings is 1. The first-order valence-corrected chi connectivity index (χ1v) is 7.73. The molecule has 1 unspecified atom stereocenters. The maximum Gasteiger partial charge on any atom is 0.175 e. The van der Waals surface area contributed by atoms with Crippen LogP contribution in [-0.4, -0.2) is 26.8 Å². The first kappa shape index (κ1) is 14.2. The third-order valence-electron chi connectivity index (χ3n) is 2.51. The summed E-state index contributed by atoms with van der Waals surface area (Å²) in [5.41, 5.74) is 1.15. The fraction of sp³-hybridized carbons (Fsp3) is 0.538. The number of hydrogen-bond acceptors (Lipinski definition) is 3. The Labute approximate surface area is 104 Å². The SMILES string of the molecule is CC(C)NC(C)Cc1ccc(S(C)(=O)=O)cc1. The van der Waals surface area contributed by atoms with Gasteiger partial charge in [-0.2, -0.15) is 0 Å². The van der Waals surface area contributed by atoms with Crippen LogP contribution in [0.4, 0.5) is 0 Å². The van der Waals surface area contributed by atoms with Crippen molar-refractivity contribution in [3.8, 4) is 0 Å². The van der Waals surface area contributed by atoms with E-state index in [0.717, 1.165) is 12.0 Å². The number of hydrogen-bond donors (Lipinski definition) is 1. The van der Waals surface area contributed by atoms with Crippen molar-refractivity contribution < 1.29 is 8.42 Å². The van der Waals surface area contributed by atoms with E-state index in [0.29, 0.717) is 17.0 Å². The van der Waals surface area contributed by atoms with Gasteiger partial charge in [0.2, 0.25) is 0 Å². The molecule has 3 nitrogen and oxygen atoms in total. The molecular weight excluding hydrogens is 234 g/mol. The van der Waals surface area contributed by atoms with E-state index in [9.17, 15) is 8.42 Å². The van der Waals surface area contributed by atoms with E-state index in [2.05, 4.69) is 26.1 Å². The van der Waals surface area contributed by atoms with Crippen molar-refractivity contribution in [1.29, 1.82) is 0 Å². The van der Waals surface area contributed by atoms with Crippen molar-refractivity contribution in [1.82, 2.24) is 5.32 Å². The highest BCUT2D eigenvalue weighted by molar-refractivity contribution is 7.90. The standard InChI is InChI=1S/C13H21NO2S/c1-10(2)14-11(3)9-12-5-7-13(8-6-12)17(4,15)16/h5-8,10-11,14H,9H2,1-4H3. The molecule has 0 aromatic heterocycles. The van der Waals surface area contributed by atoms with Crippen molar-refractivity contribution in [2.45, 2.75) is 44.2 Å². The van der Waals surface area contributed by atoms with Crippen LogP contribution in [-0.2, 0) is 16.3 Å². The van der Waals surface area contributed by atoms with Crippen LogP contribution in [0, 0.1) is 0 Å². The van der Waals surface area contributed by atoms with Gasteiger partial charge in [-0.3, -0.25) is 0 Å². The van der Waals surface area contributed by atoms with Gasteiger partial charge in [0.05, 0.1) is 4.90 Å². The molecule has 1 aromatic rings. The highest BCUT2D eigenvalue weighted by Gasteiger charge is 2.08. The van der Waals surface area contributed by atoms with Crippen molar-refractivity contribution in [2.24, 2.45) is 0 Å². The zero-order valence-corrected chi connectivity index (χ0v) is 11.7. The summed E-state index contributed by atoms with van der Waals surface area (Å²) in [5, 5.41) is 3.42. The van der Waals surface area contributed by atoms with Gasteiger partial charge < -0.3 is 5.32 Å². The lowest BCUT2D eigenvalue weighted by atomic mass is 10.1. The molecule has 17 heavy (non-hydrogen) atoms. The minimum Gasteiger partial charge on any atom is -0.312 e. The Morgan fingerprint density at radius 3 is 2.06 bits per heavy atom. The molecule has 1 rings (SSSR count). The average molecular weight is 255 g/mol. The van der Waals surface area contributed by atoms with Crippen LogP contribution >= 0.6 is 0 Å². The average Bonchev–Trinajstić information content (AvgIpc) is 2.15. The molecule has 0 saturated heterocycles. The largest absolute Gasteiger partial charge is 0.312 e. The Balaban J connectivity index is 2.69. The van der Waals surface area contributed by atoms with E-state index in [1.807, 2.05) is 12.1 Å². The zero-order valence-electron chi connectivity index (χ0n) is 10.9. The second-order valence-electron chi connectivity index (χ2n) is 4.84. The zero-order chi connectivity index (χ0) is 13.1. The predicted octanol–water partition coefficient (Wildman–Crippen LogP) is 2.02. The Morgan fingerprint density at radius 2 is 1.65 bits per heavy atom. The Hall–Kier alpha value is -0.870. The molecule has 0 bridgehead atoms. The summed E-state index contributed by atoms with van der Waals surface area (Å²) in [5.74, 6) is 0. The van der Waals surface area contributed by atoms with Crippen molar-refractivity contribution >= 4 is 9.84 Å². The van der Waals surface area contributed by atoms with Crippen molar-refractivity contribution in [2.75, 3.05) is 6.26 Å². The van der Waals surface area contributed by atoms with Crippen molar-refractivity contribution in [3.63, 3.8) is 0 Å². The van der Waals surface area contributed by atoms with Gasteiger partial charge in [0.15, 0.2) is 9.84 Å². The fourth-order valence-electron chi connectivity index (χ4n) is 1.85. The van der Waals surface area contributed by atoms with Gasteiger partial charge in [-0.05, 0) is 31.0 Å². The molecule has 4 heteroatoms. The molecule has 0 aliphatic carbocycles. The van der Waals surface area contributed by atoms with Gasteiger partial charge >= 0.3 is 0 Å². The van der Waals surface area contributed by atoms with Gasteiger partial charge in [0.1, 0.15) is 0 Å². The van der Waals surface area contributed by atoms with Gasteiger partial charge in [0, 0.05) is 18.3 Å². The molecular formula is C13H21NO2S. The predicted molar refractivity (Wildman–Crippen MR) is 71.0 cm³/mol. The molecule has 1 atom stereocenters. The van der Waals surface area contributed by atoms with Gasteiger partial charge in [-0.1, -0.05) is 26.0 Å². The lowest BCUT2D eigenvalue weighted by molar-refractivity contribution is 0.487. The highest BCUT2D eigenvalue weighted by atomic mass is 32.2. The fourth-order valence-corrected chi connectivity index (χ4v) is 2.48. The molecule has 0 saturated carbocycles. The summed E-state index contributed by atoms with van der Waals surface area (Å²) in [6.07, 6.45) is 2.13. The van der Waals surface area contributed by atoms with E-state index in [4.69, 9.17) is 0 Å². The molecule has 0 heterocycles.